The number of piperidine rings is 1. The van der Waals surface area contributed by atoms with Crippen LogP contribution in [0.15, 0.2) is 46.7 Å². The lowest BCUT2D eigenvalue weighted by molar-refractivity contribution is -0.127. The highest BCUT2D eigenvalue weighted by molar-refractivity contribution is 7.89. The number of Topliss-reactive ketones (excluding diaryl/α,β-unsaturated/α-hetero) is 1. The first-order chi connectivity index (χ1) is 14.1. The highest BCUT2D eigenvalue weighted by atomic mass is 32.2. The number of ketones is 1. The van der Waals surface area contributed by atoms with Gasteiger partial charge in [-0.15, -0.1) is 11.3 Å². The van der Waals surface area contributed by atoms with E-state index in [1.54, 1.807) is 34.5 Å². The third-order valence-electron chi connectivity index (χ3n) is 5.43. The van der Waals surface area contributed by atoms with Gasteiger partial charge in [0, 0.05) is 19.6 Å². The lowest BCUT2D eigenvalue weighted by Gasteiger charge is -2.31. The lowest BCUT2D eigenvalue weighted by atomic mass is 9.87. The van der Waals surface area contributed by atoms with Crippen molar-refractivity contribution >= 4 is 33.1 Å². The van der Waals surface area contributed by atoms with Gasteiger partial charge in [0.25, 0.3) is 11.7 Å². The van der Waals surface area contributed by atoms with Crippen molar-refractivity contribution in [3.05, 3.63) is 52.2 Å². The Bertz CT molecular complexity index is 983. The SMILES string of the molecule is CC(C)(C)c1ccc(S(=O)(=O)NCC2CCN(C(=O)C(=O)c3cccs3)CC2)cc1. The highest BCUT2D eigenvalue weighted by Gasteiger charge is 2.29. The van der Waals surface area contributed by atoms with Crippen molar-refractivity contribution in [2.24, 2.45) is 5.92 Å². The number of carbonyl (C=O) groups excluding carboxylic acids is 2. The summed E-state index contributed by atoms with van der Waals surface area (Å²) in [5.41, 5.74) is 1.04. The molecule has 1 amide bonds. The van der Waals surface area contributed by atoms with Crippen molar-refractivity contribution in [3.63, 3.8) is 0 Å². The fourth-order valence-corrected chi connectivity index (χ4v) is 5.21. The molecule has 1 aliphatic heterocycles. The van der Waals surface area contributed by atoms with Crippen LogP contribution in [-0.2, 0) is 20.2 Å². The number of amides is 1. The number of likely N-dealkylation sites (tertiary alicyclic amines) is 1. The molecule has 1 aliphatic rings. The van der Waals surface area contributed by atoms with Crippen LogP contribution in [0.3, 0.4) is 0 Å². The number of nitrogens with one attached hydrogen (secondary N) is 1. The molecule has 0 aliphatic carbocycles. The summed E-state index contributed by atoms with van der Waals surface area (Å²) in [7, 11) is -3.58. The van der Waals surface area contributed by atoms with Gasteiger partial charge in [-0.3, -0.25) is 9.59 Å². The van der Waals surface area contributed by atoms with Gasteiger partial charge in [0.1, 0.15) is 0 Å². The number of hydrogen-bond acceptors (Lipinski definition) is 5. The maximum atomic E-state index is 12.6. The second-order valence-corrected chi connectivity index (χ2v) is 11.4. The standard InChI is InChI=1S/C22H28N2O4S2/c1-22(2,3)17-6-8-18(9-7-17)30(27,28)23-15-16-10-12-24(13-11-16)21(26)20(25)19-5-4-14-29-19/h4-9,14,16,23H,10-13,15H2,1-3H3. The molecule has 2 heterocycles. The Labute approximate surface area is 182 Å². The number of sulfonamides is 1. The minimum atomic E-state index is -3.58. The lowest BCUT2D eigenvalue weighted by Crippen LogP contribution is -2.44. The molecule has 8 heteroatoms. The predicted octanol–water partition coefficient (Wildman–Crippen LogP) is 3.45. The predicted molar refractivity (Wildman–Crippen MR) is 118 cm³/mol. The molecule has 1 aromatic heterocycles. The summed E-state index contributed by atoms with van der Waals surface area (Å²) in [6.07, 6.45) is 1.32. The van der Waals surface area contributed by atoms with E-state index in [1.165, 1.54) is 11.3 Å². The number of rotatable bonds is 6. The highest BCUT2D eigenvalue weighted by Crippen LogP contribution is 2.24. The molecule has 1 N–H and O–H groups in total. The Hall–Kier alpha value is -2.03. The molecule has 2 aromatic rings. The summed E-state index contributed by atoms with van der Waals surface area (Å²) in [6, 6.07) is 10.4. The zero-order valence-electron chi connectivity index (χ0n) is 17.6. The zero-order chi connectivity index (χ0) is 21.9. The van der Waals surface area contributed by atoms with E-state index in [-0.39, 0.29) is 16.2 Å². The van der Waals surface area contributed by atoms with Crippen molar-refractivity contribution in [1.29, 1.82) is 0 Å². The minimum Gasteiger partial charge on any atom is -0.336 e. The molecule has 0 unspecified atom stereocenters. The van der Waals surface area contributed by atoms with Crippen LogP contribution in [0, 0.1) is 5.92 Å². The van der Waals surface area contributed by atoms with Crippen molar-refractivity contribution in [3.8, 4) is 0 Å². The van der Waals surface area contributed by atoms with Gasteiger partial charge in [0.15, 0.2) is 0 Å². The summed E-state index contributed by atoms with van der Waals surface area (Å²) in [5.74, 6) is -0.812. The van der Waals surface area contributed by atoms with E-state index in [0.717, 1.165) is 5.56 Å². The first-order valence-corrected chi connectivity index (χ1v) is 12.4. The van der Waals surface area contributed by atoms with Crippen LogP contribution >= 0.6 is 11.3 Å². The molecule has 0 bridgehead atoms. The van der Waals surface area contributed by atoms with Crippen LogP contribution < -0.4 is 4.72 Å². The van der Waals surface area contributed by atoms with Gasteiger partial charge in [0.05, 0.1) is 9.77 Å². The van der Waals surface area contributed by atoms with Crippen molar-refractivity contribution in [2.75, 3.05) is 19.6 Å². The summed E-state index contributed by atoms with van der Waals surface area (Å²) in [4.78, 5) is 26.9. The molecule has 0 radical (unpaired) electrons. The van der Waals surface area contributed by atoms with Crippen LogP contribution in [0.2, 0.25) is 0 Å². The average molecular weight is 449 g/mol. The molecule has 6 nitrogen and oxygen atoms in total. The Morgan fingerprint density at radius 3 is 2.27 bits per heavy atom. The first-order valence-electron chi connectivity index (χ1n) is 10.1. The number of nitrogens with zero attached hydrogens (tertiary/aromatic N) is 1. The monoisotopic (exact) mass is 448 g/mol. The molecule has 0 saturated carbocycles. The summed E-state index contributed by atoms with van der Waals surface area (Å²) < 4.78 is 27.9. The summed E-state index contributed by atoms with van der Waals surface area (Å²) in [6.45, 7) is 7.50. The van der Waals surface area contributed by atoms with E-state index in [2.05, 4.69) is 25.5 Å². The van der Waals surface area contributed by atoms with E-state index >= 15 is 0 Å². The summed E-state index contributed by atoms with van der Waals surface area (Å²) >= 11 is 1.26. The summed E-state index contributed by atoms with van der Waals surface area (Å²) in [5, 5.41) is 1.77. The molecule has 30 heavy (non-hydrogen) atoms. The number of thiophene rings is 1. The molecule has 162 valence electrons. The molecule has 1 aromatic carbocycles. The van der Waals surface area contributed by atoms with E-state index in [1.807, 2.05) is 12.1 Å². The fraction of sp³-hybridized carbons (Fsp3) is 0.455. The van der Waals surface area contributed by atoms with E-state index in [4.69, 9.17) is 0 Å². The number of hydrogen-bond donors (Lipinski definition) is 1. The van der Waals surface area contributed by atoms with Gasteiger partial charge in [-0.05, 0) is 53.3 Å². The largest absolute Gasteiger partial charge is 0.336 e. The number of benzene rings is 1. The van der Waals surface area contributed by atoms with Crippen molar-refractivity contribution < 1.29 is 18.0 Å². The molecule has 1 saturated heterocycles. The smallest absolute Gasteiger partial charge is 0.295 e. The molecule has 0 atom stereocenters. The van der Waals surface area contributed by atoms with Gasteiger partial charge < -0.3 is 4.90 Å². The third-order valence-corrected chi connectivity index (χ3v) is 7.74. The Kier molecular flexibility index (Phi) is 6.79. The fourth-order valence-electron chi connectivity index (χ4n) is 3.44. The third kappa shape index (κ3) is 5.36. The Morgan fingerprint density at radius 2 is 1.73 bits per heavy atom. The molecule has 1 fully saturated rings. The van der Waals surface area contributed by atoms with Crippen LogP contribution in [0.4, 0.5) is 0 Å². The van der Waals surface area contributed by atoms with Crippen LogP contribution in [0.1, 0.15) is 48.8 Å². The first kappa shape index (κ1) is 22.7. The van der Waals surface area contributed by atoms with Crippen molar-refractivity contribution in [1.82, 2.24) is 9.62 Å². The van der Waals surface area contributed by atoms with Gasteiger partial charge in [-0.25, -0.2) is 13.1 Å². The van der Waals surface area contributed by atoms with Crippen LogP contribution in [-0.4, -0.2) is 44.6 Å². The van der Waals surface area contributed by atoms with Gasteiger partial charge in [-0.1, -0.05) is 39.0 Å². The van der Waals surface area contributed by atoms with Crippen molar-refractivity contribution in [2.45, 2.75) is 43.9 Å². The molecular weight excluding hydrogens is 420 g/mol. The molecule has 0 spiro atoms. The Balaban J connectivity index is 1.51. The molecular formula is C22H28N2O4S2. The van der Waals surface area contributed by atoms with Crippen LogP contribution in [0.25, 0.3) is 0 Å². The quantitative estimate of drug-likeness (QED) is 0.542. The maximum Gasteiger partial charge on any atom is 0.295 e. The topological polar surface area (TPSA) is 83.6 Å². The van der Waals surface area contributed by atoms with E-state index in [9.17, 15) is 18.0 Å². The van der Waals surface area contributed by atoms with Crippen LogP contribution in [0.5, 0.6) is 0 Å². The average Bonchev–Trinajstić information content (AvgIpc) is 3.26. The second-order valence-electron chi connectivity index (χ2n) is 8.67. The minimum absolute atomic E-state index is 0.0357. The normalized spacial score (nSPS) is 15.9. The second kappa shape index (κ2) is 8.99. The van der Waals surface area contributed by atoms with Gasteiger partial charge in [-0.2, -0.15) is 0 Å². The number of carbonyl (C=O) groups is 2. The Morgan fingerprint density at radius 1 is 1.10 bits per heavy atom. The van der Waals surface area contributed by atoms with E-state index < -0.39 is 21.7 Å². The maximum absolute atomic E-state index is 12.6. The molecule has 3 rings (SSSR count). The van der Waals surface area contributed by atoms with E-state index in [0.29, 0.717) is 37.4 Å². The van der Waals surface area contributed by atoms with Gasteiger partial charge >= 0.3 is 0 Å². The zero-order valence-corrected chi connectivity index (χ0v) is 19.2. The van der Waals surface area contributed by atoms with Gasteiger partial charge in [0.2, 0.25) is 10.0 Å².